The lowest BCUT2D eigenvalue weighted by atomic mass is 10.3. The second kappa shape index (κ2) is 6.95. The maximum atomic E-state index is 12.8. The number of benzene rings is 1. The minimum absolute atomic E-state index is 0.109. The summed E-state index contributed by atoms with van der Waals surface area (Å²) < 4.78 is 55.7. The molecule has 1 fully saturated rings. The summed E-state index contributed by atoms with van der Waals surface area (Å²) in [5.41, 5.74) is 0.731. The molecule has 2 heterocycles. The van der Waals surface area contributed by atoms with Gasteiger partial charge in [0.1, 0.15) is 11.9 Å². The van der Waals surface area contributed by atoms with Crippen LogP contribution in [0.3, 0.4) is 0 Å². The highest BCUT2D eigenvalue weighted by Crippen LogP contribution is 2.26. The Bertz CT molecular complexity index is 1020. The number of hydrogen-bond donors (Lipinski definition) is 1. The topological polar surface area (TPSA) is 120 Å². The SMILES string of the molecule is Cc1ncccc1O[C@H]1CCN(S(=O)(=O)c2cccc(S(N)(=O)=O)c2)C1. The van der Waals surface area contributed by atoms with Crippen molar-refractivity contribution < 1.29 is 21.6 Å². The Morgan fingerprint density at radius 1 is 1.15 bits per heavy atom. The molecule has 1 atom stereocenters. The summed E-state index contributed by atoms with van der Waals surface area (Å²) in [7, 11) is -7.82. The predicted molar refractivity (Wildman–Crippen MR) is 94.6 cm³/mol. The first-order chi connectivity index (χ1) is 12.2. The number of nitrogens with zero attached hydrogens (tertiary/aromatic N) is 2. The molecule has 1 aliphatic rings. The van der Waals surface area contributed by atoms with E-state index in [-0.39, 0.29) is 29.0 Å². The van der Waals surface area contributed by atoms with E-state index < -0.39 is 20.0 Å². The van der Waals surface area contributed by atoms with Crippen LogP contribution in [0.1, 0.15) is 12.1 Å². The molecule has 1 aliphatic heterocycles. The van der Waals surface area contributed by atoms with Crippen LogP contribution in [0, 0.1) is 6.92 Å². The normalized spacial score (nSPS) is 18.8. The average Bonchev–Trinajstić information content (AvgIpc) is 3.06. The van der Waals surface area contributed by atoms with Crippen LogP contribution >= 0.6 is 0 Å². The summed E-state index contributed by atoms with van der Waals surface area (Å²) in [6, 6.07) is 8.58. The number of aromatic nitrogens is 1. The minimum atomic E-state index is -3.98. The zero-order valence-corrected chi connectivity index (χ0v) is 15.7. The van der Waals surface area contributed by atoms with E-state index in [0.717, 1.165) is 11.8 Å². The van der Waals surface area contributed by atoms with E-state index in [1.807, 2.05) is 6.92 Å². The third-order valence-corrected chi connectivity index (χ3v) is 6.90. The van der Waals surface area contributed by atoms with E-state index in [1.54, 1.807) is 18.3 Å². The molecule has 0 spiro atoms. The lowest BCUT2D eigenvalue weighted by Crippen LogP contribution is -2.31. The Morgan fingerprint density at radius 3 is 2.58 bits per heavy atom. The van der Waals surface area contributed by atoms with Gasteiger partial charge in [-0.05, 0) is 43.7 Å². The van der Waals surface area contributed by atoms with Gasteiger partial charge in [-0.15, -0.1) is 0 Å². The van der Waals surface area contributed by atoms with Crippen molar-refractivity contribution in [3.63, 3.8) is 0 Å². The molecule has 10 heteroatoms. The van der Waals surface area contributed by atoms with Gasteiger partial charge >= 0.3 is 0 Å². The van der Waals surface area contributed by atoms with Crippen molar-refractivity contribution in [3.05, 3.63) is 48.3 Å². The van der Waals surface area contributed by atoms with E-state index in [1.165, 1.54) is 22.5 Å². The van der Waals surface area contributed by atoms with Crippen molar-refractivity contribution in [2.75, 3.05) is 13.1 Å². The molecule has 140 valence electrons. The zero-order chi connectivity index (χ0) is 18.9. The fourth-order valence-corrected chi connectivity index (χ4v) is 4.91. The Hall–Kier alpha value is -2.01. The molecule has 0 bridgehead atoms. The van der Waals surface area contributed by atoms with Crippen LogP contribution in [-0.2, 0) is 20.0 Å². The van der Waals surface area contributed by atoms with E-state index in [2.05, 4.69) is 4.98 Å². The first kappa shape index (κ1) is 18.8. The number of pyridine rings is 1. The molecule has 2 aromatic rings. The van der Waals surface area contributed by atoms with Gasteiger partial charge in [-0.1, -0.05) is 6.07 Å². The molecule has 1 aromatic heterocycles. The summed E-state index contributed by atoms with van der Waals surface area (Å²) >= 11 is 0. The van der Waals surface area contributed by atoms with E-state index in [9.17, 15) is 16.8 Å². The molecule has 8 nitrogen and oxygen atoms in total. The summed E-state index contributed by atoms with van der Waals surface area (Å²) in [5.74, 6) is 0.618. The van der Waals surface area contributed by atoms with Gasteiger partial charge < -0.3 is 4.74 Å². The van der Waals surface area contributed by atoms with Crippen LogP contribution < -0.4 is 9.88 Å². The fraction of sp³-hybridized carbons (Fsp3) is 0.312. The molecule has 1 aromatic carbocycles. The largest absolute Gasteiger partial charge is 0.487 e. The monoisotopic (exact) mass is 397 g/mol. The Balaban J connectivity index is 1.78. The molecular formula is C16H19N3O5S2. The molecule has 0 unspecified atom stereocenters. The highest BCUT2D eigenvalue weighted by Gasteiger charge is 2.34. The maximum Gasteiger partial charge on any atom is 0.243 e. The molecule has 0 radical (unpaired) electrons. The quantitative estimate of drug-likeness (QED) is 0.800. The van der Waals surface area contributed by atoms with Gasteiger partial charge in [0.25, 0.3) is 0 Å². The van der Waals surface area contributed by atoms with Crippen LogP contribution in [0.15, 0.2) is 52.4 Å². The van der Waals surface area contributed by atoms with Crippen molar-refractivity contribution in [2.24, 2.45) is 5.14 Å². The standard InChI is InChI=1S/C16H19N3O5S2/c1-12-16(6-3-8-18-12)24-13-7-9-19(11-13)26(22,23)15-5-2-4-14(10-15)25(17,20)21/h2-6,8,10,13H,7,9,11H2,1H3,(H2,17,20,21)/t13-/m0/s1. The summed E-state index contributed by atoms with van der Waals surface area (Å²) in [5, 5.41) is 5.08. The highest BCUT2D eigenvalue weighted by atomic mass is 32.2. The molecule has 26 heavy (non-hydrogen) atoms. The summed E-state index contributed by atoms with van der Waals surface area (Å²) in [6.45, 7) is 2.28. The van der Waals surface area contributed by atoms with Crippen molar-refractivity contribution in [1.82, 2.24) is 9.29 Å². The van der Waals surface area contributed by atoms with Crippen LogP contribution in [0.4, 0.5) is 0 Å². The number of nitrogens with two attached hydrogens (primary N) is 1. The second-order valence-corrected chi connectivity index (χ2v) is 9.50. The van der Waals surface area contributed by atoms with Gasteiger partial charge in [0.15, 0.2) is 0 Å². The number of primary sulfonamides is 1. The Labute approximate surface area is 152 Å². The molecule has 2 N–H and O–H groups in total. The number of hydrogen-bond acceptors (Lipinski definition) is 6. The van der Waals surface area contributed by atoms with E-state index >= 15 is 0 Å². The molecule has 1 saturated heterocycles. The number of rotatable bonds is 5. The van der Waals surface area contributed by atoms with Gasteiger partial charge in [-0.25, -0.2) is 22.0 Å². The van der Waals surface area contributed by atoms with Crippen LogP contribution in [0.5, 0.6) is 5.75 Å². The first-order valence-electron chi connectivity index (χ1n) is 7.89. The third-order valence-electron chi connectivity index (χ3n) is 4.13. The molecule has 0 aliphatic carbocycles. The summed E-state index contributed by atoms with van der Waals surface area (Å²) in [6.07, 6.45) is 1.89. The smallest absolute Gasteiger partial charge is 0.243 e. The Kier molecular flexibility index (Phi) is 5.02. The van der Waals surface area contributed by atoms with Crippen LogP contribution in [-0.4, -0.2) is 45.3 Å². The fourth-order valence-electron chi connectivity index (χ4n) is 2.75. The molecule has 0 saturated carbocycles. The van der Waals surface area contributed by atoms with Gasteiger partial charge in [0.2, 0.25) is 20.0 Å². The lowest BCUT2D eigenvalue weighted by molar-refractivity contribution is 0.213. The number of aryl methyl sites for hydroxylation is 1. The Morgan fingerprint density at radius 2 is 1.88 bits per heavy atom. The number of sulfonamides is 2. The maximum absolute atomic E-state index is 12.8. The zero-order valence-electron chi connectivity index (χ0n) is 14.1. The van der Waals surface area contributed by atoms with Crippen molar-refractivity contribution >= 4 is 20.0 Å². The van der Waals surface area contributed by atoms with E-state index in [4.69, 9.17) is 9.88 Å². The number of ether oxygens (including phenoxy) is 1. The second-order valence-electron chi connectivity index (χ2n) is 6.00. The minimum Gasteiger partial charge on any atom is -0.487 e. The van der Waals surface area contributed by atoms with Crippen molar-refractivity contribution in [1.29, 1.82) is 0 Å². The summed E-state index contributed by atoms with van der Waals surface area (Å²) in [4.78, 5) is 3.80. The predicted octanol–water partition coefficient (Wildman–Crippen LogP) is 0.879. The average molecular weight is 397 g/mol. The van der Waals surface area contributed by atoms with Gasteiger partial charge in [0.05, 0.1) is 22.0 Å². The molecular weight excluding hydrogens is 378 g/mol. The highest BCUT2D eigenvalue weighted by molar-refractivity contribution is 7.90. The van der Waals surface area contributed by atoms with Gasteiger partial charge in [-0.3, -0.25) is 4.98 Å². The molecule has 0 amide bonds. The van der Waals surface area contributed by atoms with Crippen molar-refractivity contribution in [3.8, 4) is 5.75 Å². The third kappa shape index (κ3) is 3.88. The van der Waals surface area contributed by atoms with Crippen molar-refractivity contribution in [2.45, 2.75) is 29.2 Å². The van der Waals surface area contributed by atoms with Gasteiger partial charge in [0, 0.05) is 12.7 Å². The van der Waals surface area contributed by atoms with E-state index in [0.29, 0.717) is 12.2 Å². The molecule has 3 rings (SSSR count). The van der Waals surface area contributed by atoms with Crippen LogP contribution in [0.2, 0.25) is 0 Å². The lowest BCUT2D eigenvalue weighted by Gasteiger charge is -2.18. The van der Waals surface area contributed by atoms with Gasteiger partial charge in [-0.2, -0.15) is 4.31 Å². The van der Waals surface area contributed by atoms with Crippen LogP contribution in [0.25, 0.3) is 0 Å². The first-order valence-corrected chi connectivity index (χ1v) is 10.9.